The molecule has 0 bridgehead atoms. The van der Waals surface area contributed by atoms with Gasteiger partial charge in [0.2, 0.25) is 0 Å². The summed E-state index contributed by atoms with van der Waals surface area (Å²) in [5.41, 5.74) is 2.35. The monoisotopic (exact) mass is 573 g/mol. The second-order valence-corrected chi connectivity index (χ2v) is 9.88. The number of esters is 1. The lowest BCUT2D eigenvalue weighted by Gasteiger charge is -2.37. The standard InChI is InChI=1S/C30H31N5O7/c1-41-30(38)22-7-9-27(32-11-13-34(14-12-32)29(37)21-5-3-2-4-6-21)25(19-22)31-28(36)24-20-23(35(39)40)8-10-26(24)33-15-17-42-18-16-33/h2-10,19-20H,11-18H2,1H3,(H,31,36). The van der Waals surface area contributed by atoms with Crippen molar-refractivity contribution >= 4 is 40.5 Å². The summed E-state index contributed by atoms with van der Waals surface area (Å²) >= 11 is 0. The van der Waals surface area contributed by atoms with Crippen molar-refractivity contribution in [2.24, 2.45) is 0 Å². The maximum atomic E-state index is 13.8. The molecule has 3 aromatic rings. The van der Waals surface area contributed by atoms with Crippen molar-refractivity contribution in [1.82, 2.24) is 4.90 Å². The van der Waals surface area contributed by atoms with Gasteiger partial charge in [-0.25, -0.2) is 4.79 Å². The predicted octanol–water partition coefficient (Wildman–Crippen LogP) is 3.43. The number of ether oxygens (including phenoxy) is 2. The number of nitro benzene ring substituents is 1. The van der Waals surface area contributed by atoms with Crippen molar-refractivity contribution < 1.29 is 28.8 Å². The van der Waals surface area contributed by atoms with Crippen LogP contribution in [0.4, 0.5) is 22.7 Å². The number of non-ortho nitro benzene ring substituents is 1. The van der Waals surface area contributed by atoms with Gasteiger partial charge in [-0.05, 0) is 36.4 Å². The number of piperazine rings is 1. The average Bonchev–Trinajstić information content (AvgIpc) is 3.04. The van der Waals surface area contributed by atoms with Crippen LogP contribution >= 0.6 is 0 Å². The van der Waals surface area contributed by atoms with E-state index in [0.29, 0.717) is 75.1 Å². The van der Waals surface area contributed by atoms with E-state index in [1.807, 2.05) is 28.0 Å². The minimum atomic E-state index is -0.570. The highest BCUT2D eigenvalue weighted by molar-refractivity contribution is 6.10. The van der Waals surface area contributed by atoms with E-state index in [0.717, 1.165) is 0 Å². The molecule has 0 aromatic heterocycles. The predicted molar refractivity (Wildman–Crippen MR) is 156 cm³/mol. The van der Waals surface area contributed by atoms with Gasteiger partial charge in [0.15, 0.2) is 0 Å². The number of amides is 2. The van der Waals surface area contributed by atoms with Gasteiger partial charge in [0.05, 0.1) is 53.4 Å². The number of morpholine rings is 1. The zero-order chi connectivity index (χ0) is 29.6. The largest absolute Gasteiger partial charge is 0.465 e. The molecule has 0 aliphatic carbocycles. The Kier molecular flexibility index (Phi) is 8.63. The zero-order valence-corrected chi connectivity index (χ0v) is 23.2. The van der Waals surface area contributed by atoms with Gasteiger partial charge >= 0.3 is 5.97 Å². The maximum absolute atomic E-state index is 13.8. The zero-order valence-electron chi connectivity index (χ0n) is 23.2. The third kappa shape index (κ3) is 6.18. The molecule has 2 saturated heterocycles. The number of hydrogen-bond acceptors (Lipinski definition) is 9. The lowest BCUT2D eigenvalue weighted by Crippen LogP contribution is -2.49. The van der Waals surface area contributed by atoms with Gasteiger partial charge in [-0.3, -0.25) is 19.7 Å². The van der Waals surface area contributed by atoms with Crippen LogP contribution in [0, 0.1) is 10.1 Å². The summed E-state index contributed by atoms with van der Waals surface area (Å²) in [7, 11) is 1.27. The Balaban J connectivity index is 1.42. The molecule has 2 aliphatic rings. The van der Waals surface area contributed by atoms with Crippen LogP contribution in [0.1, 0.15) is 31.1 Å². The number of anilines is 3. The van der Waals surface area contributed by atoms with Gasteiger partial charge in [0, 0.05) is 57.0 Å². The Morgan fingerprint density at radius 1 is 0.833 bits per heavy atom. The van der Waals surface area contributed by atoms with Crippen LogP contribution < -0.4 is 15.1 Å². The van der Waals surface area contributed by atoms with Crippen LogP contribution in [0.3, 0.4) is 0 Å². The van der Waals surface area contributed by atoms with Crippen molar-refractivity contribution in [3.8, 4) is 0 Å². The Hall–Kier alpha value is -4.97. The highest BCUT2D eigenvalue weighted by atomic mass is 16.6. The van der Waals surface area contributed by atoms with Crippen LogP contribution in [0.15, 0.2) is 66.7 Å². The molecule has 0 spiro atoms. The Morgan fingerprint density at radius 3 is 2.17 bits per heavy atom. The van der Waals surface area contributed by atoms with E-state index >= 15 is 0 Å². The molecule has 2 fully saturated rings. The molecule has 0 unspecified atom stereocenters. The minimum absolute atomic E-state index is 0.0499. The first-order chi connectivity index (χ1) is 20.4. The second-order valence-electron chi connectivity index (χ2n) is 9.88. The molecule has 2 heterocycles. The quantitative estimate of drug-likeness (QED) is 0.256. The molecule has 3 aromatic carbocycles. The van der Waals surface area contributed by atoms with E-state index < -0.39 is 16.8 Å². The van der Waals surface area contributed by atoms with Gasteiger partial charge in [-0.2, -0.15) is 0 Å². The number of methoxy groups -OCH3 is 1. The number of nitrogens with zero attached hydrogens (tertiary/aromatic N) is 4. The van der Waals surface area contributed by atoms with Gasteiger partial charge in [-0.1, -0.05) is 18.2 Å². The molecule has 2 aliphatic heterocycles. The second kappa shape index (κ2) is 12.7. The molecule has 0 radical (unpaired) electrons. The normalized spacial score (nSPS) is 15.2. The number of benzene rings is 3. The summed E-state index contributed by atoms with van der Waals surface area (Å²) in [6.07, 6.45) is 0. The smallest absolute Gasteiger partial charge is 0.337 e. The van der Waals surface area contributed by atoms with Crippen LogP contribution in [-0.2, 0) is 9.47 Å². The lowest BCUT2D eigenvalue weighted by atomic mass is 10.1. The van der Waals surface area contributed by atoms with E-state index in [1.165, 1.54) is 25.3 Å². The Bertz CT molecular complexity index is 1480. The van der Waals surface area contributed by atoms with Crippen molar-refractivity contribution in [2.45, 2.75) is 0 Å². The Morgan fingerprint density at radius 2 is 1.50 bits per heavy atom. The molecule has 1 N–H and O–H groups in total. The minimum Gasteiger partial charge on any atom is -0.465 e. The van der Waals surface area contributed by atoms with Crippen LogP contribution in [0.2, 0.25) is 0 Å². The summed E-state index contributed by atoms with van der Waals surface area (Å²) in [4.78, 5) is 55.8. The average molecular weight is 574 g/mol. The van der Waals surface area contributed by atoms with E-state index in [4.69, 9.17) is 9.47 Å². The van der Waals surface area contributed by atoms with Gasteiger partial charge in [0.25, 0.3) is 17.5 Å². The number of hydrogen-bond donors (Lipinski definition) is 1. The fourth-order valence-electron chi connectivity index (χ4n) is 5.16. The van der Waals surface area contributed by atoms with Crippen LogP contribution in [-0.4, -0.2) is 87.2 Å². The number of nitro groups is 1. The summed E-state index contributed by atoms with van der Waals surface area (Å²) in [5.74, 6) is -1.17. The van der Waals surface area contributed by atoms with E-state index in [-0.39, 0.29) is 22.7 Å². The van der Waals surface area contributed by atoms with Crippen molar-refractivity contribution in [2.75, 3.05) is 74.7 Å². The SMILES string of the molecule is COC(=O)c1ccc(N2CCN(C(=O)c3ccccc3)CC2)c(NC(=O)c2cc([N+](=O)[O-])ccc2N2CCOCC2)c1. The lowest BCUT2D eigenvalue weighted by molar-refractivity contribution is -0.384. The highest BCUT2D eigenvalue weighted by Crippen LogP contribution is 2.32. The van der Waals surface area contributed by atoms with Gasteiger partial charge < -0.3 is 29.5 Å². The third-order valence-corrected chi connectivity index (χ3v) is 7.38. The van der Waals surface area contributed by atoms with Crippen molar-refractivity contribution in [1.29, 1.82) is 0 Å². The first kappa shape index (κ1) is 28.6. The van der Waals surface area contributed by atoms with Gasteiger partial charge in [-0.15, -0.1) is 0 Å². The summed E-state index contributed by atoms with van der Waals surface area (Å²) in [5, 5.41) is 14.5. The van der Waals surface area contributed by atoms with E-state index in [9.17, 15) is 24.5 Å². The third-order valence-electron chi connectivity index (χ3n) is 7.38. The van der Waals surface area contributed by atoms with E-state index in [2.05, 4.69) is 5.32 Å². The van der Waals surface area contributed by atoms with Gasteiger partial charge in [0.1, 0.15) is 0 Å². The molecule has 2 amide bonds. The molecule has 12 heteroatoms. The van der Waals surface area contributed by atoms with E-state index in [1.54, 1.807) is 35.2 Å². The number of nitrogens with one attached hydrogen (secondary N) is 1. The van der Waals surface area contributed by atoms with Crippen molar-refractivity contribution in [3.05, 3.63) is 93.5 Å². The number of carbonyl (C=O) groups excluding carboxylic acids is 3. The Labute approximate surface area is 242 Å². The summed E-state index contributed by atoms with van der Waals surface area (Å²) < 4.78 is 10.3. The molecular formula is C30H31N5O7. The van der Waals surface area contributed by atoms with Crippen molar-refractivity contribution in [3.63, 3.8) is 0 Å². The maximum Gasteiger partial charge on any atom is 0.337 e. The molecule has 12 nitrogen and oxygen atoms in total. The first-order valence-electron chi connectivity index (χ1n) is 13.6. The molecular weight excluding hydrogens is 542 g/mol. The molecule has 42 heavy (non-hydrogen) atoms. The topological polar surface area (TPSA) is 135 Å². The fourth-order valence-corrected chi connectivity index (χ4v) is 5.16. The first-order valence-corrected chi connectivity index (χ1v) is 13.6. The highest BCUT2D eigenvalue weighted by Gasteiger charge is 2.27. The molecule has 5 rings (SSSR count). The molecule has 0 atom stereocenters. The van der Waals surface area contributed by atoms with Crippen LogP contribution in [0.5, 0.6) is 0 Å². The van der Waals surface area contributed by atoms with Crippen LogP contribution in [0.25, 0.3) is 0 Å². The fraction of sp³-hybridized carbons (Fsp3) is 0.300. The molecule has 0 saturated carbocycles. The molecule has 218 valence electrons. The summed E-state index contributed by atoms with van der Waals surface area (Å²) in [6, 6.07) is 18.2. The number of carbonyl (C=O) groups is 3. The number of rotatable bonds is 7. The summed E-state index contributed by atoms with van der Waals surface area (Å²) in [6.45, 7) is 3.94.